The van der Waals surface area contributed by atoms with Crippen molar-refractivity contribution in [1.82, 2.24) is 30.0 Å². The van der Waals surface area contributed by atoms with E-state index in [1.807, 2.05) is 54.1 Å². The van der Waals surface area contributed by atoms with Crippen LogP contribution in [0.5, 0.6) is 11.5 Å². The van der Waals surface area contributed by atoms with Crippen LogP contribution in [0.4, 0.5) is 29.4 Å². The lowest BCUT2D eigenvalue weighted by molar-refractivity contribution is 0.121. The average molecular weight is 645 g/mol. The number of morpholine rings is 2. The van der Waals surface area contributed by atoms with E-state index in [2.05, 4.69) is 25.8 Å². The van der Waals surface area contributed by atoms with E-state index in [9.17, 15) is 0 Å². The smallest absolute Gasteiger partial charge is 0.233 e. The number of aryl methyl sites for hydroxylation is 1. The van der Waals surface area contributed by atoms with E-state index in [-0.39, 0.29) is 6.04 Å². The van der Waals surface area contributed by atoms with Crippen LogP contribution in [0, 0.1) is 6.92 Å². The van der Waals surface area contributed by atoms with Crippen molar-refractivity contribution in [3.63, 3.8) is 0 Å². The van der Waals surface area contributed by atoms with E-state index in [1.54, 1.807) is 14.2 Å². The maximum atomic E-state index is 5.63. The highest BCUT2D eigenvalue weighted by Gasteiger charge is 2.31. The molecule has 14 nitrogen and oxygen atoms in total. The van der Waals surface area contributed by atoms with Gasteiger partial charge in [-0.15, -0.1) is 0 Å². The van der Waals surface area contributed by atoms with Crippen LogP contribution in [-0.4, -0.2) is 96.7 Å². The van der Waals surface area contributed by atoms with E-state index in [0.29, 0.717) is 60.9 Å². The van der Waals surface area contributed by atoms with Crippen LogP contribution in [0.2, 0.25) is 0 Å². The van der Waals surface area contributed by atoms with Gasteiger partial charge in [0.25, 0.3) is 0 Å². The molecule has 240 valence electrons. The number of benzene rings is 2. The SMILES string of the molecule is COc1ccc(C2NC(=S)Nc3c2c(C)nn3-c2ccc(Nc3nc(N4CCOCC4)nc(N4CCOCC4)n3)cc2)cc1OC. The molecule has 2 aromatic carbocycles. The van der Waals surface area contributed by atoms with Gasteiger partial charge in [0.05, 0.1) is 58.1 Å². The zero-order valence-electron chi connectivity index (χ0n) is 25.9. The van der Waals surface area contributed by atoms with Gasteiger partial charge in [-0.25, -0.2) is 4.68 Å². The molecule has 46 heavy (non-hydrogen) atoms. The molecule has 1 atom stereocenters. The Morgan fingerprint density at radius 3 is 2.09 bits per heavy atom. The zero-order valence-corrected chi connectivity index (χ0v) is 26.8. The number of rotatable bonds is 8. The number of hydrogen-bond donors (Lipinski definition) is 3. The highest BCUT2D eigenvalue weighted by Crippen LogP contribution is 2.39. The molecule has 0 radical (unpaired) electrons. The molecule has 15 heteroatoms. The summed E-state index contributed by atoms with van der Waals surface area (Å²) in [5.74, 6) is 3.87. The largest absolute Gasteiger partial charge is 0.493 e. The van der Waals surface area contributed by atoms with Crippen molar-refractivity contribution in [3.05, 3.63) is 59.3 Å². The number of methoxy groups -OCH3 is 2. The monoisotopic (exact) mass is 644 g/mol. The lowest BCUT2D eigenvalue weighted by atomic mass is 9.97. The Morgan fingerprint density at radius 1 is 0.848 bits per heavy atom. The van der Waals surface area contributed by atoms with Gasteiger partial charge >= 0.3 is 0 Å². The van der Waals surface area contributed by atoms with Gasteiger partial charge in [-0.1, -0.05) is 6.07 Å². The number of aromatic nitrogens is 5. The fourth-order valence-corrected chi connectivity index (χ4v) is 6.07. The summed E-state index contributed by atoms with van der Waals surface area (Å²) in [6.45, 7) is 7.49. The van der Waals surface area contributed by atoms with Gasteiger partial charge in [0.2, 0.25) is 17.8 Å². The average Bonchev–Trinajstić information content (AvgIpc) is 3.44. The van der Waals surface area contributed by atoms with E-state index in [4.69, 9.17) is 51.2 Å². The molecule has 0 spiro atoms. The number of nitrogens with zero attached hydrogens (tertiary/aromatic N) is 7. The van der Waals surface area contributed by atoms with Crippen LogP contribution < -0.4 is 35.2 Å². The minimum absolute atomic E-state index is 0.219. The normalized spacial score (nSPS) is 18.0. The van der Waals surface area contributed by atoms with Gasteiger partial charge in [-0.05, 0) is 61.1 Å². The Bertz CT molecular complexity index is 1680. The van der Waals surface area contributed by atoms with Crippen LogP contribution in [0.25, 0.3) is 5.69 Å². The van der Waals surface area contributed by atoms with Crippen LogP contribution in [0.3, 0.4) is 0 Å². The highest BCUT2D eigenvalue weighted by atomic mass is 32.1. The first-order chi connectivity index (χ1) is 22.5. The summed E-state index contributed by atoms with van der Waals surface area (Å²) >= 11 is 5.63. The van der Waals surface area contributed by atoms with Gasteiger partial charge in [-0.3, -0.25) is 0 Å². The molecule has 0 saturated carbocycles. The first kappa shape index (κ1) is 30.0. The topological polar surface area (TPSA) is 136 Å². The van der Waals surface area contributed by atoms with Crippen molar-refractivity contribution in [2.24, 2.45) is 0 Å². The summed E-state index contributed by atoms with van der Waals surface area (Å²) in [6.07, 6.45) is 0. The molecule has 0 bridgehead atoms. The second-order valence-electron chi connectivity index (χ2n) is 11.0. The molecule has 3 aliphatic rings. The Morgan fingerprint density at radius 2 is 1.48 bits per heavy atom. The first-order valence-corrected chi connectivity index (χ1v) is 15.6. The molecule has 0 aliphatic carbocycles. The van der Waals surface area contributed by atoms with E-state index >= 15 is 0 Å². The molecule has 3 N–H and O–H groups in total. The van der Waals surface area contributed by atoms with Gasteiger partial charge < -0.3 is 44.7 Å². The summed E-state index contributed by atoms with van der Waals surface area (Å²) in [7, 11) is 3.25. The van der Waals surface area contributed by atoms with E-state index in [0.717, 1.165) is 60.2 Å². The van der Waals surface area contributed by atoms with Crippen molar-refractivity contribution >= 4 is 46.7 Å². The molecule has 0 amide bonds. The fourth-order valence-electron chi connectivity index (χ4n) is 5.86. The summed E-state index contributed by atoms with van der Waals surface area (Å²) < 4.78 is 24.0. The molecule has 1 unspecified atom stereocenters. The Kier molecular flexibility index (Phi) is 8.43. The summed E-state index contributed by atoms with van der Waals surface area (Å²) in [4.78, 5) is 18.6. The molecule has 4 aromatic rings. The first-order valence-electron chi connectivity index (χ1n) is 15.2. The number of ether oxygens (including phenoxy) is 4. The van der Waals surface area contributed by atoms with Gasteiger partial charge in [0.1, 0.15) is 5.82 Å². The second kappa shape index (κ2) is 12.9. The Hall–Kier alpha value is -4.73. The predicted molar refractivity (Wildman–Crippen MR) is 178 cm³/mol. The third-order valence-electron chi connectivity index (χ3n) is 8.21. The summed E-state index contributed by atoms with van der Waals surface area (Å²) in [5.41, 5.74) is 4.56. The van der Waals surface area contributed by atoms with E-state index in [1.165, 1.54) is 0 Å². The molecule has 5 heterocycles. The second-order valence-corrected chi connectivity index (χ2v) is 11.4. The lowest BCUT2D eigenvalue weighted by Gasteiger charge is -2.30. The van der Waals surface area contributed by atoms with Crippen molar-refractivity contribution in [2.75, 3.05) is 87.3 Å². The van der Waals surface area contributed by atoms with Crippen molar-refractivity contribution in [2.45, 2.75) is 13.0 Å². The van der Waals surface area contributed by atoms with Crippen LogP contribution in [0.15, 0.2) is 42.5 Å². The van der Waals surface area contributed by atoms with Gasteiger partial charge in [0, 0.05) is 37.4 Å². The zero-order chi connectivity index (χ0) is 31.6. The summed E-state index contributed by atoms with van der Waals surface area (Å²) in [6, 6.07) is 13.6. The molecule has 2 aromatic heterocycles. The van der Waals surface area contributed by atoms with Gasteiger partial charge in [0.15, 0.2) is 16.6 Å². The number of hydrogen-bond acceptors (Lipinski definition) is 12. The number of anilines is 5. The van der Waals surface area contributed by atoms with Gasteiger partial charge in [-0.2, -0.15) is 20.1 Å². The summed E-state index contributed by atoms with van der Waals surface area (Å²) in [5, 5.41) is 15.5. The molecule has 2 fully saturated rings. The standard InChI is InChI=1S/C31H36N10O4S/c1-19-25-26(20-4-9-23(42-2)24(18-20)43-3)33-31(46)34-27(25)41(38-19)22-7-5-21(6-8-22)32-28-35-29(39-10-14-44-15-11-39)37-30(36-28)40-12-16-45-17-13-40/h4-9,18,26H,10-17H2,1-3H3,(H2,33,34,46)(H,32,35,36,37). The molecule has 3 aliphatic heterocycles. The molecular weight excluding hydrogens is 608 g/mol. The Labute approximate surface area is 272 Å². The number of nitrogens with one attached hydrogen (secondary N) is 3. The fraction of sp³-hybridized carbons (Fsp3) is 0.387. The van der Waals surface area contributed by atoms with Crippen molar-refractivity contribution in [1.29, 1.82) is 0 Å². The van der Waals surface area contributed by atoms with Crippen LogP contribution in [-0.2, 0) is 9.47 Å². The van der Waals surface area contributed by atoms with Crippen LogP contribution in [0.1, 0.15) is 22.9 Å². The van der Waals surface area contributed by atoms with Crippen molar-refractivity contribution in [3.8, 4) is 17.2 Å². The predicted octanol–water partition coefficient (Wildman–Crippen LogP) is 3.19. The third kappa shape index (κ3) is 5.96. The number of thiocarbonyl (C=S) groups is 1. The molecule has 7 rings (SSSR count). The maximum absolute atomic E-state index is 5.63. The maximum Gasteiger partial charge on any atom is 0.233 e. The Balaban J connectivity index is 1.16. The molecular formula is C31H36N10O4S. The molecule has 2 saturated heterocycles. The minimum Gasteiger partial charge on any atom is -0.493 e. The number of fused-ring (bicyclic) bond motifs is 1. The minimum atomic E-state index is -0.219. The lowest BCUT2D eigenvalue weighted by Crippen LogP contribution is -2.40. The van der Waals surface area contributed by atoms with Crippen LogP contribution >= 0.6 is 12.2 Å². The highest BCUT2D eigenvalue weighted by molar-refractivity contribution is 7.80. The quantitative estimate of drug-likeness (QED) is 0.242. The van der Waals surface area contributed by atoms with E-state index < -0.39 is 0 Å². The van der Waals surface area contributed by atoms with Crippen molar-refractivity contribution < 1.29 is 18.9 Å². The third-order valence-corrected chi connectivity index (χ3v) is 8.43.